The minimum atomic E-state index is -1.28. The number of aliphatic hydroxyl groups is 1. The molecular formula is C11H11Cl2NO4S. The summed E-state index contributed by atoms with van der Waals surface area (Å²) in [6.45, 7) is 0. The minimum Gasteiger partial charge on any atom is -0.465 e. The number of carbonyl (C=O) groups is 1. The molecule has 0 bridgehead atoms. The lowest BCUT2D eigenvalue weighted by Gasteiger charge is -2.25. The molecule has 1 aliphatic heterocycles. The van der Waals surface area contributed by atoms with E-state index in [0.717, 1.165) is 4.90 Å². The molecule has 2 rings (SSSR count). The minimum absolute atomic E-state index is 0.0849. The quantitative estimate of drug-likeness (QED) is 0.873. The van der Waals surface area contributed by atoms with Crippen LogP contribution in [0.4, 0.5) is 4.79 Å². The van der Waals surface area contributed by atoms with Gasteiger partial charge in [-0.2, -0.15) is 0 Å². The van der Waals surface area contributed by atoms with Gasteiger partial charge in [0.15, 0.2) is 0 Å². The van der Waals surface area contributed by atoms with Gasteiger partial charge in [-0.25, -0.2) is 4.79 Å². The van der Waals surface area contributed by atoms with Crippen LogP contribution in [0.25, 0.3) is 0 Å². The third-order valence-electron chi connectivity index (χ3n) is 2.94. The topological polar surface area (TPSA) is 77.8 Å². The normalized spacial score (nSPS) is 24.5. The second kappa shape index (κ2) is 5.66. The second-order valence-electron chi connectivity index (χ2n) is 4.17. The highest BCUT2D eigenvalue weighted by atomic mass is 35.5. The van der Waals surface area contributed by atoms with Gasteiger partial charge in [-0.05, 0) is 17.7 Å². The first-order valence-corrected chi connectivity index (χ1v) is 7.62. The molecule has 1 saturated heterocycles. The Morgan fingerprint density at radius 1 is 1.42 bits per heavy atom. The second-order valence-corrected chi connectivity index (χ2v) is 6.46. The molecule has 3 unspecified atom stereocenters. The first-order valence-electron chi connectivity index (χ1n) is 5.37. The van der Waals surface area contributed by atoms with E-state index in [1.807, 2.05) is 0 Å². The van der Waals surface area contributed by atoms with Crippen molar-refractivity contribution in [2.45, 2.75) is 12.1 Å². The van der Waals surface area contributed by atoms with Crippen LogP contribution in [0, 0.1) is 0 Å². The Morgan fingerprint density at radius 3 is 2.68 bits per heavy atom. The van der Waals surface area contributed by atoms with Gasteiger partial charge in [-0.3, -0.25) is 9.11 Å². The van der Waals surface area contributed by atoms with Crippen LogP contribution >= 0.6 is 23.2 Å². The van der Waals surface area contributed by atoms with Crippen LogP contribution in [0.3, 0.4) is 0 Å². The average molecular weight is 324 g/mol. The molecule has 0 aromatic heterocycles. The number of halogens is 2. The fourth-order valence-corrected chi connectivity index (χ4v) is 3.73. The zero-order valence-corrected chi connectivity index (χ0v) is 12.0. The number of benzene rings is 1. The Morgan fingerprint density at radius 2 is 2.11 bits per heavy atom. The molecule has 3 atom stereocenters. The maximum atomic E-state index is 11.5. The van der Waals surface area contributed by atoms with Gasteiger partial charge in [0.1, 0.15) is 12.0 Å². The molecule has 104 valence electrons. The first-order chi connectivity index (χ1) is 8.90. The standard InChI is InChI=1S/C11H11Cl2NO4S/c12-7-2-1-6(3-8(7)13)10(15)9-4-19(18)5-14(9)11(16)17/h1-3,9-10,15H,4-5H2,(H,16,17). The molecule has 1 heterocycles. The molecule has 2 N–H and O–H groups in total. The van der Waals surface area contributed by atoms with E-state index in [2.05, 4.69) is 0 Å². The molecule has 0 spiro atoms. The van der Waals surface area contributed by atoms with Crippen LogP contribution in [0.1, 0.15) is 11.7 Å². The van der Waals surface area contributed by atoms with Crippen molar-refractivity contribution in [3.05, 3.63) is 33.8 Å². The van der Waals surface area contributed by atoms with Crippen molar-refractivity contribution < 1.29 is 19.2 Å². The maximum absolute atomic E-state index is 11.5. The fourth-order valence-electron chi connectivity index (χ4n) is 1.96. The number of rotatable bonds is 2. The summed E-state index contributed by atoms with van der Waals surface area (Å²) in [5.41, 5.74) is 0.449. The van der Waals surface area contributed by atoms with Crippen LogP contribution in [-0.4, -0.2) is 43.1 Å². The van der Waals surface area contributed by atoms with Crippen LogP contribution in [0.5, 0.6) is 0 Å². The van der Waals surface area contributed by atoms with Crippen molar-refractivity contribution in [1.82, 2.24) is 4.90 Å². The van der Waals surface area contributed by atoms with Crippen molar-refractivity contribution in [3.63, 3.8) is 0 Å². The van der Waals surface area contributed by atoms with Crippen LogP contribution in [-0.2, 0) is 10.8 Å². The van der Waals surface area contributed by atoms with E-state index in [0.29, 0.717) is 10.6 Å². The molecule has 1 aromatic rings. The molecular weight excluding hydrogens is 313 g/mol. The highest BCUT2D eigenvalue weighted by molar-refractivity contribution is 7.85. The Bertz CT molecular complexity index is 539. The van der Waals surface area contributed by atoms with Crippen molar-refractivity contribution in [2.75, 3.05) is 11.6 Å². The number of nitrogens with zero attached hydrogens (tertiary/aromatic N) is 1. The first kappa shape index (κ1) is 14.6. The fraction of sp³-hybridized carbons (Fsp3) is 0.364. The van der Waals surface area contributed by atoms with Gasteiger partial charge in [0.05, 0.1) is 16.1 Å². The van der Waals surface area contributed by atoms with Gasteiger partial charge in [-0.15, -0.1) is 0 Å². The van der Waals surface area contributed by atoms with Crippen LogP contribution in [0.15, 0.2) is 18.2 Å². The average Bonchev–Trinajstić information content (AvgIpc) is 2.74. The van der Waals surface area contributed by atoms with Gasteiger partial charge >= 0.3 is 6.09 Å². The summed E-state index contributed by atoms with van der Waals surface area (Å²) in [7, 11) is -1.28. The lowest BCUT2D eigenvalue weighted by Crippen LogP contribution is -2.39. The number of carboxylic acid groups (broad SMARTS) is 1. The molecule has 0 saturated carbocycles. The predicted octanol–water partition coefficient (Wildman–Crippen LogP) is 2.10. The van der Waals surface area contributed by atoms with E-state index in [1.165, 1.54) is 12.1 Å². The van der Waals surface area contributed by atoms with E-state index in [9.17, 15) is 14.1 Å². The lowest BCUT2D eigenvalue weighted by atomic mass is 10.0. The summed E-state index contributed by atoms with van der Waals surface area (Å²) >= 11 is 11.6. The van der Waals surface area contributed by atoms with Crippen molar-refractivity contribution in [2.24, 2.45) is 0 Å². The van der Waals surface area contributed by atoms with E-state index in [4.69, 9.17) is 28.3 Å². The van der Waals surface area contributed by atoms with Crippen LogP contribution in [0.2, 0.25) is 10.0 Å². The molecule has 8 heteroatoms. The van der Waals surface area contributed by atoms with Crippen molar-refractivity contribution in [1.29, 1.82) is 0 Å². The zero-order valence-electron chi connectivity index (χ0n) is 9.62. The van der Waals surface area contributed by atoms with Gasteiger partial charge in [0.25, 0.3) is 0 Å². The van der Waals surface area contributed by atoms with Gasteiger partial charge in [0, 0.05) is 16.6 Å². The molecule has 19 heavy (non-hydrogen) atoms. The molecule has 5 nitrogen and oxygen atoms in total. The lowest BCUT2D eigenvalue weighted by molar-refractivity contribution is 0.0721. The van der Waals surface area contributed by atoms with Gasteiger partial charge in [-0.1, -0.05) is 29.3 Å². The Labute approximate surface area is 122 Å². The maximum Gasteiger partial charge on any atom is 0.408 e. The highest BCUT2D eigenvalue weighted by Gasteiger charge is 2.38. The summed E-state index contributed by atoms with van der Waals surface area (Å²) in [5.74, 6) is 0.0199. The summed E-state index contributed by atoms with van der Waals surface area (Å²) in [5, 5.41) is 19.9. The molecule has 0 radical (unpaired) electrons. The molecule has 1 aliphatic rings. The van der Waals surface area contributed by atoms with Gasteiger partial charge in [0.2, 0.25) is 0 Å². The summed E-state index contributed by atoms with van der Waals surface area (Å²) in [6.07, 6.45) is -2.28. The van der Waals surface area contributed by atoms with Crippen molar-refractivity contribution in [3.8, 4) is 0 Å². The predicted molar refractivity (Wildman–Crippen MR) is 73.0 cm³/mol. The zero-order chi connectivity index (χ0) is 14.2. The summed E-state index contributed by atoms with van der Waals surface area (Å²) < 4.78 is 11.5. The Hall–Kier alpha value is -0.820. The van der Waals surface area contributed by atoms with E-state index >= 15 is 0 Å². The number of amides is 1. The third kappa shape index (κ3) is 3.02. The number of aliphatic hydroxyl groups excluding tert-OH is 1. The smallest absolute Gasteiger partial charge is 0.408 e. The summed E-state index contributed by atoms with van der Waals surface area (Å²) in [6, 6.07) is 3.84. The highest BCUT2D eigenvalue weighted by Crippen LogP contribution is 2.30. The molecule has 1 amide bonds. The SMILES string of the molecule is O=C(O)N1CS(=O)CC1C(O)c1ccc(Cl)c(Cl)c1. The molecule has 1 aromatic carbocycles. The largest absolute Gasteiger partial charge is 0.465 e. The monoisotopic (exact) mass is 323 g/mol. The van der Waals surface area contributed by atoms with Gasteiger partial charge < -0.3 is 10.2 Å². The molecule has 1 fully saturated rings. The van der Waals surface area contributed by atoms with E-state index in [-0.39, 0.29) is 16.7 Å². The van der Waals surface area contributed by atoms with Crippen molar-refractivity contribution >= 4 is 40.1 Å². The van der Waals surface area contributed by atoms with E-state index in [1.54, 1.807) is 6.07 Å². The Balaban J connectivity index is 2.27. The van der Waals surface area contributed by atoms with E-state index < -0.39 is 29.0 Å². The third-order valence-corrected chi connectivity index (χ3v) is 4.95. The van der Waals surface area contributed by atoms with Crippen LogP contribution < -0.4 is 0 Å². The molecule has 0 aliphatic carbocycles. The Kier molecular flexibility index (Phi) is 4.35. The number of hydrogen-bond acceptors (Lipinski definition) is 3. The number of hydrogen-bond donors (Lipinski definition) is 2. The summed E-state index contributed by atoms with van der Waals surface area (Å²) in [4.78, 5) is 12.0.